The van der Waals surface area contributed by atoms with Crippen LogP contribution in [0.25, 0.3) is 44.2 Å². The molecule has 16 nitrogen and oxygen atoms in total. The van der Waals surface area contributed by atoms with Gasteiger partial charge in [0.15, 0.2) is 0 Å². The van der Waals surface area contributed by atoms with Gasteiger partial charge in [-0.1, -0.05) is 45.4 Å². The van der Waals surface area contributed by atoms with Gasteiger partial charge < -0.3 is 49.3 Å². The van der Waals surface area contributed by atoms with Gasteiger partial charge in [0.25, 0.3) is 0 Å². The molecule has 3 aliphatic rings. The third-order valence-corrected chi connectivity index (χ3v) is 13.0. The highest BCUT2D eigenvalue weighted by Gasteiger charge is 2.43. The number of aromatic amines is 2. The van der Waals surface area contributed by atoms with Crippen LogP contribution in [0.4, 0.5) is 9.59 Å². The lowest BCUT2D eigenvalue weighted by Gasteiger charge is -2.32. The molecule has 2 aromatic heterocycles. The van der Waals surface area contributed by atoms with Crippen LogP contribution in [0.2, 0.25) is 0 Å². The van der Waals surface area contributed by atoms with E-state index in [1.807, 2.05) is 31.7 Å². The molecular weight excluding hydrogens is 793 g/mol. The van der Waals surface area contributed by atoms with E-state index in [9.17, 15) is 19.2 Å². The third-order valence-electron chi connectivity index (χ3n) is 13.0. The summed E-state index contributed by atoms with van der Waals surface area (Å²) in [5.41, 5.74) is 6.52. The minimum absolute atomic E-state index is 0.0297. The number of rotatable bonds is 11. The number of methoxy groups -OCH3 is 3. The van der Waals surface area contributed by atoms with Crippen LogP contribution >= 0.6 is 0 Å². The van der Waals surface area contributed by atoms with E-state index in [1.54, 1.807) is 18.0 Å². The highest BCUT2D eigenvalue weighted by atomic mass is 16.5. The van der Waals surface area contributed by atoms with Gasteiger partial charge in [-0.15, -0.1) is 0 Å². The minimum Gasteiger partial charge on any atom is -0.488 e. The normalized spacial score (nSPS) is 21.0. The molecule has 2 saturated heterocycles. The highest BCUT2D eigenvalue weighted by molar-refractivity contribution is 6.07. The number of imidazole rings is 2. The molecule has 0 bridgehead atoms. The zero-order valence-electron chi connectivity index (χ0n) is 36.5. The number of likely N-dealkylation sites (tertiary alicyclic amines) is 2. The summed E-state index contributed by atoms with van der Waals surface area (Å²) in [5.74, 6) is 1.89. The molecule has 5 aromatic rings. The van der Waals surface area contributed by atoms with Crippen molar-refractivity contribution >= 4 is 45.8 Å². The van der Waals surface area contributed by atoms with Crippen LogP contribution < -0.4 is 15.4 Å². The summed E-state index contributed by atoms with van der Waals surface area (Å²) in [4.78, 5) is 72.9. The molecule has 0 aliphatic carbocycles. The number of carbonyl (C=O) groups is 4. The molecule has 328 valence electrons. The van der Waals surface area contributed by atoms with Crippen molar-refractivity contribution in [3.63, 3.8) is 0 Å². The van der Waals surface area contributed by atoms with Crippen molar-refractivity contribution < 1.29 is 38.1 Å². The Morgan fingerprint density at radius 1 is 0.887 bits per heavy atom. The van der Waals surface area contributed by atoms with Gasteiger partial charge in [0, 0.05) is 30.6 Å². The maximum atomic E-state index is 14.0. The summed E-state index contributed by atoms with van der Waals surface area (Å²) >= 11 is 0. The van der Waals surface area contributed by atoms with E-state index >= 15 is 0 Å². The molecule has 16 heteroatoms. The fourth-order valence-electron chi connectivity index (χ4n) is 9.37. The predicted molar refractivity (Wildman–Crippen MR) is 232 cm³/mol. The Labute approximate surface area is 360 Å². The van der Waals surface area contributed by atoms with Crippen LogP contribution in [0.5, 0.6) is 5.75 Å². The van der Waals surface area contributed by atoms with Gasteiger partial charge in [0.05, 0.1) is 55.3 Å². The van der Waals surface area contributed by atoms with E-state index in [0.717, 1.165) is 81.2 Å². The summed E-state index contributed by atoms with van der Waals surface area (Å²) in [6, 6.07) is 12.3. The quantitative estimate of drug-likeness (QED) is 0.106. The van der Waals surface area contributed by atoms with Gasteiger partial charge in [-0.25, -0.2) is 19.6 Å². The fourth-order valence-corrected chi connectivity index (χ4v) is 9.37. The minimum atomic E-state index is -0.922. The van der Waals surface area contributed by atoms with Crippen LogP contribution in [0.3, 0.4) is 0 Å². The molecule has 0 spiro atoms. The smallest absolute Gasteiger partial charge is 0.407 e. The molecule has 2 unspecified atom stereocenters. The van der Waals surface area contributed by atoms with Crippen LogP contribution in [0, 0.1) is 11.8 Å². The maximum absolute atomic E-state index is 14.0. The predicted octanol–water partition coefficient (Wildman–Crippen LogP) is 7.16. The lowest BCUT2D eigenvalue weighted by Crippen LogP contribution is -2.54. The van der Waals surface area contributed by atoms with Crippen molar-refractivity contribution in [2.75, 3.05) is 27.9 Å². The fraction of sp³-hybridized carbons (Fsp3) is 0.478. The first-order valence-electron chi connectivity index (χ1n) is 21.5. The van der Waals surface area contributed by atoms with Crippen molar-refractivity contribution in [3.8, 4) is 28.1 Å². The number of carbonyl (C=O) groups excluding carboxylic acids is 4. The van der Waals surface area contributed by atoms with Crippen molar-refractivity contribution in [1.82, 2.24) is 40.4 Å². The lowest BCUT2D eigenvalue weighted by molar-refractivity contribution is -0.138. The molecule has 7 atom stereocenters. The summed E-state index contributed by atoms with van der Waals surface area (Å²) in [6.45, 7) is 10.6. The first-order chi connectivity index (χ1) is 29.8. The second kappa shape index (κ2) is 17.3. The SMILES string of the molecule is CCC1C[C@@H](c2ncc(-c3ccc4c(c3)COc3cc5c(ccc6[nH]c([C@@H]7CC[C@H](C)N7C(=O)C(NC(=O)OC)C(C)C)nc65)cc3-4)[nH]2)N(C(=O)[C@@H](NC(=O)OC)[C@@H](C)OC)C1. The molecule has 3 aromatic carbocycles. The number of H-pyrrole nitrogens is 2. The van der Waals surface area contributed by atoms with Gasteiger partial charge in [0.2, 0.25) is 11.8 Å². The first-order valence-corrected chi connectivity index (χ1v) is 21.5. The summed E-state index contributed by atoms with van der Waals surface area (Å²) < 4.78 is 21.5. The highest BCUT2D eigenvalue weighted by Crippen LogP contribution is 2.44. The number of ether oxygens (including phenoxy) is 4. The Hall–Kier alpha value is -6.16. The number of aromatic nitrogens is 4. The average Bonchev–Trinajstić information content (AvgIpc) is 4.11. The number of nitrogens with one attached hydrogen (secondary N) is 4. The van der Waals surface area contributed by atoms with E-state index in [1.165, 1.54) is 21.3 Å². The zero-order valence-corrected chi connectivity index (χ0v) is 36.5. The van der Waals surface area contributed by atoms with Crippen LogP contribution in [-0.2, 0) is 30.4 Å². The molecule has 5 heterocycles. The van der Waals surface area contributed by atoms with E-state index in [-0.39, 0.29) is 41.8 Å². The van der Waals surface area contributed by atoms with Crippen LogP contribution in [0.15, 0.2) is 48.7 Å². The number of fused-ring (bicyclic) bond motifs is 6. The van der Waals surface area contributed by atoms with Gasteiger partial charge in [-0.05, 0) is 91.3 Å². The Balaban J connectivity index is 1.05. The Morgan fingerprint density at radius 2 is 1.65 bits per heavy atom. The number of hydrogen-bond donors (Lipinski definition) is 4. The third kappa shape index (κ3) is 7.80. The Bertz CT molecular complexity index is 2510. The number of hydrogen-bond acceptors (Lipinski definition) is 10. The largest absolute Gasteiger partial charge is 0.488 e. The molecular formula is C46H56N8O8. The summed E-state index contributed by atoms with van der Waals surface area (Å²) in [5, 5.41) is 7.35. The second-order valence-electron chi connectivity index (χ2n) is 17.1. The van der Waals surface area contributed by atoms with Crippen molar-refractivity contribution in [2.24, 2.45) is 11.8 Å². The molecule has 3 aliphatic heterocycles. The maximum Gasteiger partial charge on any atom is 0.407 e. The second-order valence-corrected chi connectivity index (χ2v) is 17.1. The van der Waals surface area contributed by atoms with Crippen LogP contribution in [-0.4, -0.2) is 106 Å². The molecule has 62 heavy (non-hydrogen) atoms. The average molecular weight is 849 g/mol. The van der Waals surface area contributed by atoms with Crippen molar-refractivity contribution in [1.29, 1.82) is 0 Å². The summed E-state index contributed by atoms with van der Waals surface area (Å²) in [6.07, 6.45) is 3.09. The summed E-state index contributed by atoms with van der Waals surface area (Å²) in [7, 11) is 4.07. The van der Waals surface area contributed by atoms with E-state index < -0.39 is 30.4 Å². The molecule has 8 rings (SSSR count). The number of alkyl carbamates (subject to hydrolysis) is 2. The van der Waals surface area contributed by atoms with E-state index in [4.69, 9.17) is 28.9 Å². The molecule has 4 amide bonds. The topological polar surface area (TPSA) is 193 Å². The van der Waals surface area contributed by atoms with E-state index in [2.05, 4.69) is 63.9 Å². The van der Waals surface area contributed by atoms with Crippen LogP contribution in [0.1, 0.15) is 89.6 Å². The van der Waals surface area contributed by atoms with Crippen molar-refractivity contribution in [3.05, 3.63) is 65.9 Å². The van der Waals surface area contributed by atoms with E-state index in [0.29, 0.717) is 24.8 Å². The molecule has 4 N–H and O–H groups in total. The van der Waals surface area contributed by atoms with Gasteiger partial charge in [-0.2, -0.15) is 0 Å². The first kappa shape index (κ1) is 42.5. The van der Waals surface area contributed by atoms with Crippen molar-refractivity contribution in [2.45, 2.75) is 103 Å². The number of benzene rings is 3. The molecule has 2 fully saturated rings. The zero-order chi connectivity index (χ0) is 44.0. The monoisotopic (exact) mass is 848 g/mol. The number of nitrogens with zero attached hydrogens (tertiary/aromatic N) is 4. The molecule has 0 saturated carbocycles. The molecule has 0 radical (unpaired) electrons. The lowest BCUT2D eigenvalue weighted by atomic mass is 9.92. The van der Waals surface area contributed by atoms with Gasteiger partial charge in [0.1, 0.15) is 36.1 Å². The Kier molecular flexibility index (Phi) is 11.9. The number of amides is 4. The Morgan fingerprint density at radius 3 is 2.35 bits per heavy atom. The standard InChI is InChI=1S/C46H56N8O8/c1-9-26-16-36(53(21-26)43(55)39(25(5)59-6)52-46(58)61-8)41-47-20-34(49-41)28-11-13-30-29(17-28)22-62-37-19-31-27(18-32(30)37)12-14-33-40(31)50-42(48-33)35-15-10-24(4)54(35)44(56)38(23(2)3)51-45(57)60-7/h11-14,17-20,23-26,35-36,38-39H,9-10,15-16,21-22H2,1-8H3,(H,47,49)(H,48,50)(H,51,57)(H,52,58)/t24-,25+,26?,35-,36-,38?,39-/m0/s1. The van der Waals surface area contributed by atoms with Gasteiger partial charge in [-0.3, -0.25) is 9.59 Å². The van der Waals surface area contributed by atoms with Gasteiger partial charge >= 0.3 is 12.2 Å².